The molecule has 0 amide bonds. The van der Waals surface area contributed by atoms with E-state index in [1.54, 1.807) is 0 Å². The lowest BCUT2D eigenvalue weighted by molar-refractivity contribution is -0.202. The second-order valence-electron chi connectivity index (χ2n) is 4.22. The topological polar surface area (TPSA) is 32.3 Å². The molecule has 0 bridgehead atoms. The van der Waals surface area contributed by atoms with Crippen LogP contribution in [0, 0.1) is 0 Å². The van der Waals surface area contributed by atoms with Gasteiger partial charge < -0.3 is 10.4 Å². The number of rotatable bonds is 8. The third kappa shape index (κ3) is 7.93. The van der Waals surface area contributed by atoms with Crippen LogP contribution in [0.15, 0.2) is 0 Å². The molecule has 98 valence electrons. The lowest BCUT2D eigenvalue weighted by Crippen LogP contribution is -2.41. The van der Waals surface area contributed by atoms with Crippen molar-refractivity contribution in [3.63, 3.8) is 0 Å². The van der Waals surface area contributed by atoms with E-state index in [0.717, 1.165) is 32.1 Å². The normalized spacial score (nSPS) is 16.1. The first-order valence-electron chi connectivity index (χ1n) is 5.86. The molecule has 0 aromatic heterocycles. The summed E-state index contributed by atoms with van der Waals surface area (Å²) in [6.07, 6.45) is -1.48. The van der Waals surface area contributed by atoms with Crippen LogP contribution >= 0.6 is 0 Å². The van der Waals surface area contributed by atoms with Gasteiger partial charge in [-0.2, -0.15) is 13.2 Å². The molecule has 0 spiro atoms. The number of aliphatic hydroxyl groups is 1. The van der Waals surface area contributed by atoms with E-state index in [1.165, 1.54) is 0 Å². The summed E-state index contributed by atoms with van der Waals surface area (Å²) in [7, 11) is 0. The Morgan fingerprint density at radius 1 is 1.19 bits per heavy atom. The molecule has 0 aromatic carbocycles. The van der Waals surface area contributed by atoms with Crippen LogP contribution in [0.2, 0.25) is 0 Å². The smallest absolute Gasteiger partial charge is 0.382 e. The van der Waals surface area contributed by atoms with E-state index in [9.17, 15) is 13.2 Å². The minimum atomic E-state index is -4.52. The first-order chi connectivity index (χ1) is 7.38. The van der Waals surface area contributed by atoms with Crippen LogP contribution in [0.5, 0.6) is 0 Å². The molecule has 2 nitrogen and oxygen atoms in total. The fourth-order valence-electron chi connectivity index (χ4n) is 1.41. The van der Waals surface area contributed by atoms with Crippen LogP contribution in [-0.4, -0.2) is 30.0 Å². The maximum Gasteiger partial charge on any atom is 0.415 e. The van der Waals surface area contributed by atoms with E-state index in [1.807, 2.05) is 6.92 Å². The molecule has 2 atom stereocenters. The summed E-state index contributed by atoms with van der Waals surface area (Å²) in [6, 6.07) is 0.0221. The van der Waals surface area contributed by atoms with Crippen LogP contribution in [0.3, 0.4) is 0 Å². The molecule has 0 aliphatic rings. The van der Waals surface area contributed by atoms with Gasteiger partial charge in [0, 0.05) is 12.6 Å². The number of halogens is 3. The van der Waals surface area contributed by atoms with Gasteiger partial charge >= 0.3 is 6.18 Å². The molecule has 2 N–H and O–H groups in total. The Labute approximate surface area is 95.2 Å². The van der Waals surface area contributed by atoms with E-state index in [4.69, 9.17) is 5.11 Å². The van der Waals surface area contributed by atoms with Gasteiger partial charge in [-0.05, 0) is 13.3 Å². The van der Waals surface area contributed by atoms with Crippen LogP contribution in [-0.2, 0) is 0 Å². The van der Waals surface area contributed by atoms with Crippen molar-refractivity contribution in [3.8, 4) is 0 Å². The lowest BCUT2D eigenvalue weighted by Gasteiger charge is -2.18. The van der Waals surface area contributed by atoms with Crippen LogP contribution in [0.25, 0.3) is 0 Å². The van der Waals surface area contributed by atoms with Gasteiger partial charge in [-0.3, -0.25) is 0 Å². The summed E-state index contributed by atoms with van der Waals surface area (Å²) >= 11 is 0. The number of hydrogen-bond donors (Lipinski definition) is 2. The van der Waals surface area contributed by atoms with Gasteiger partial charge in [0.05, 0.1) is 0 Å². The molecule has 0 aliphatic carbocycles. The zero-order chi connectivity index (χ0) is 12.6. The molecule has 0 heterocycles. The number of unbranched alkanes of at least 4 members (excludes halogenated alkanes) is 3. The van der Waals surface area contributed by atoms with Crippen molar-refractivity contribution >= 4 is 0 Å². The highest BCUT2D eigenvalue weighted by Gasteiger charge is 2.37. The molecule has 0 aromatic rings. The van der Waals surface area contributed by atoms with Gasteiger partial charge in [-0.15, -0.1) is 0 Å². The minimum absolute atomic E-state index is 0.0221. The van der Waals surface area contributed by atoms with Crippen molar-refractivity contribution < 1.29 is 18.3 Å². The van der Waals surface area contributed by atoms with Crippen LogP contribution in [0.1, 0.15) is 46.0 Å². The van der Waals surface area contributed by atoms with Crippen LogP contribution in [0.4, 0.5) is 13.2 Å². The molecule has 0 saturated carbocycles. The number of aliphatic hydroxyl groups excluding tert-OH is 1. The van der Waals surface area contributed by atoms with Crippen molar-refractivity contribution in [2.75, 3.05) is 6.54 Å². The van der Waals surface area contributed by atoms with Gasteiger partial charge in [0.2, 0.25) is 0 Å². The summed E-state index contributed by atoms with van der Waals surface area (Å²) in [5, 5.41) is 11.5. The second kappa shape index (κ2) is 7.90. The summed E-state index contributed by atoms with van der Waals surface area (Å²) < 4.78 is 35.9. The highest BCUT2D eigenvalue weighted by molar-refractivity contribution is 4.70. The number of hydrogen-bond acceptors (Lipinski definition) is 2. The predicted molar refractivity (Wildman–Crippen MR) is 58.3 cm³/mol. The van der Waals surface area contributed by atoms with Gasteiger partial charge in [0.25, 0.3) is 0 Å². The van der Waals surface area contributed by atoms with Crippen molar-refractivity contribution in [2.45, 2.75) is 64.3 Å². The Hall–Kier alpha value is -0.290. The minimum Gasteiger partial charge on any atom is -0.382 e. The standard InChI is InChI=1S/C11H22F3NO/c1-3-4-5-6-7-9(2)15-8-10(16)11(12,13)14/h9-10,15-16H,3-8H2,1-2H3. The predicted octanol–water partition coefficient (Wildman–Crippen LogP) is 2.86. The SMILES string of the molecule is CCCCCCC(C)NCC(O)C(F)(F)F. The maximum atomic E-state index is 12.0. The van der Waals surface area contributed by atoms with Gasteiger partial charge in [0.1, 0.15) is 0 Å². The second-order valence-corrected chi connectivity index (χ2v) is 4.22. The summed E-state index contributed by atoms with van der Waals surface area (Å²) in [5.41, 5.74) is 0. The quantitative estimate of drug-likeness (QED) is 0.640. The fraction of sp³-hybridized carbons (Fsp3) is 1.00. The summed E-state index contributed by atoms with van der Waals surface area (Å²) in [4.78, 5) is 0. The van der Waals surface area contributed by atoms with Crippen LogP contribution < -0.4 is 5.32 Å². The van der Waals surface area contributed by atoms with Gasteiger partial charge in [-0.25, -0.2) is 0 Å². The van der Waals surface area contributed by atoms with Crippen molar-refractivity contribution in [1.29, 1.82) is 0 Å². The monoisotopic (exact) mass is 241 g/mol. The van der Waals surface area contributed by atoms with E-state index in [0.29, 0.717) is 0 Å². The Bertz CT molecular complexity index is 173. The average Bonchev–Trinajstić information content (AvgIpc) is 2.19. The zero-order valence-electron chi connectivity index (χ0n) is 9.98. The van der Waals surface area contributed by atoms with E-state index in [-0.39, 0.29) is 6.04 Å². The van der Waals surface area contributed by atoms with Gasteiger partial charge in [0.15, 0.2) is 6.10 Å². The largest absolute Gasteiger partial charge is 0.415 e. The molecular weight excluding hydrogens is 219 g/mol. The van der Waals surface area contributed by atoms with Gasteiger partial charge in [-0.1, -0.05) is 32.6 Å². The Kier molecular flexibility index (Phi) is 7.76. The third-order valence-electron chi connectivity index (χ3n) is 2.53. The Morgan fingerprint density at radius 2 is 1.81 bits per heavy atom. The first-order valence-corrected chi connectivity index (χ1v) is 5.86. The molecule has 2 unspecified atom stereocenters. The summed E-state index contributed by atoms with van der Waals surface area (Å²) in [5.74, 6) is 0. The number of alkyl halides is 3. The molecule has 0 saturated heterocycles. The maximum absolute atomic E-state index is 12.0. The summed E-state index contributed by atoms with van der Waals surface area (Å²) in [6.45, 7) is 3.54. The Balaban J connectivity index is 3.53. The molecule has 0 fully saturated rings. The molecule has 16 heavy (non-hydrogen) atoms. The highest BCUT2D eigenvalue weighted by Crippen LogP contribution is 2.19. The van der Waals surface area contributed by atoms with E-state index < -0.39 is 18.8 Å². The molecule has 0 aliphatic heterocycles. The molecule has 0 radical (unpaired) electrons. The molecular formula is C11H22F3NO. The van der Waals surface area contributed by atoms with Crippen molar-refractivity contribution in [2.24, 2.45) is 0 Å². The molecule has 5 heteroatoms. The third-order valence-corrected chi connectivity index (χ3v) is 2.53. The lowest BCUT2D eigenvalue weighted by atomic mass is 10.1. The molecule has 0 rings (SSSR count). The van der Waals surface area contributed by atoms with E-state index >= 15 is 0 Å². The van der Waals surface area contributed by atoms with Crippen molar-refractivity contribution in [1.82, 2.24) is 5.32 Å². The fourth-order valence-corrected chi connectivity index (χ4v) is 1.41. The average molecular weight is 241 g/mol. The number of nitrogens with one attached hydrogen (secondary N) is 1. The van der Waals surface area contributed by atoms with E-state index in [2.05, 4.69) is 12.2 Å². The first kappa shape index (κ1) is 15.7. The zero-order valence-corrected chi connectivity index (χ0v) is 9.98. The van der Waals surface area contributed by atoms with Crippen molar-refractivity contribution in [3.05, 3.63) is 0 Å². The Morgan fingerprint density at radius 3 is 2.31 bits per heavy atom. The highest BCUT2D eigenvalue weighted by atomic mass is 19.4.